The number of carbonyl (C=O) groups is 1. The van der Waals surface area contributed by atoms with Crippen molar-refractivity contribution >= 4 is 33.0 Å². The smallest absolute Gasteiger partial charge is 0.256 e. The monoisotopic (exact) mass is 466 g/mol. The molecule has 5 aromatic rings. The molecule has 5 nitrogen and oxygen atoms in total. The maximum absolute atomic E-state index is 13.4. The van der Waals surface area contributed by atoms with E-state index < -0.39 is 0 Å². The first-order valence-electron chi connectivity index (χ1n) is 10.8. The average Bonchev–Trinajstić information content (AvgIpc) is 3.32. The van der Waals surface area contributed by atoms with E-state index in [0.717, 1.165) is 32.6 Å². The highest BCUT2D eigenvalue weighted by atomic mass is 32.1. The molecule has 1 N–H and O–H groups in total. The Labute approximate surface area is 201 Å². The van der Waals surface area contributed by atoms with Gasteiger partial charge in [-0.2, -0.15) is 0 Å². The summed E-state index contributed by atoms with van der Waals surface area (Å²) in [4.78, 5) is 18.3. The van der Waals surface area contributed by atoms with E-state index in [1.807, 2.05) is 91.0 Å². The van der Waals surface area contributed by atoms with Crippen LogP contribution >= 0.6 is 11.3 Å². The number of amides is 1. The Balaban J connectivity index is 1.57. The second-order valence-corrected chi connectivity index (χ2v) is 8.61. The van der Waals surface area contributed by atoms with E-state index >= 15 is 0 Å². The number of hydrogen-bond donors (Lipinski definition) is 1. The second kappa shape index (κ2) is 9.37. The van der Waals surface area contributed by atoms with Crippen molar-refractivity contribution in [2.24, 2.45) is 0 Å². The minimum absolute atomic E-state index is 0.170. The summed E-state index contributed by atoms with van der Waals surface area (Å²) in [6, 6.07) is 29.2. The highest BCUT2D eigenvalue weighted by Gasteiger charge is 2.19. The molecular formula is C28H22N2O3S. The molecule has 0 radical (unpaired) electrons. The second-order valence-electron chi connectivity index (χ2n) is 7.61. The van der Waals surface area contributed by atoms with Gasteiger partial charge in [0.25, 0.3) is 5.91 Å². The van der Waals surface area contributed by atoms with Gasteiger partial charge in [-0.3, -0.25) is 4.79 Å². The first kappa shape index (κ1) is 21.7. The van der Waals surface area contributed by atoms with Crippen LogP contribution in [0.25, 0.3) is 32.6 Å². The lowest BCUT2D eigenvalue weighted by Gasteiger charge is -2.08. The fourth-order valence-electron chi connectivity index (χ4n) is 3.88. The first-order chi connectivity index (χ1) is 16.7. The van der Waals surface area contributed by atoms with E-state index in [9.17, 15) is 4.79 Å². The lowest BCUT2D eigenvalue weighted by molar-refractivity contribution is 0.102. The summed E-state index contributed by atoms with van der Waals surface area (Å²) < 4.78 is 10.8. The van der Waals surface area contributed by atoms with E-state index in [1.165, 1.54) is 11.3 Å². The Morgan fingerprint density at radius 1 is 0.794 bits per heavy atom. The van der Waals surface area contributed by atoms with Gasteiger partial charge in [-0.05, 0) is 35.0 Å². The molecule has 1 heterocycles. The molecule has 0 aliphatic carbocycles. The van der Waals surface area contributed by atoms with Crippen LogP contribution in [0.3, 0.4) is 0 Å². The molecule has 0 saturated heterocycles. The molecule has 6 heteroatoms. The number of aromatic nitrogens is 1. The van der Waals surface area contributed by atoms with Crippen LogP contribution in [0.2, 0.25) is 0 Å². The molecule has 0 fully saturated rings. The number of hydrogen-bond acceptors (Lipinski definition) is 5. The van der Waals surface area contributed by atoms with E-state index in [-0.39, 0.29) is 5.91 Å². The zero-order chi connectivity index (χ0) is 23.5. The van der Waals surface area contributed by atoms with Crippen LogP contribution < -0.4 is 14.8 Å². The van der Waals surface area contributed by atoms with Crippen molar-refractivity contribution in [2.45, 2.75) is 0 Å². The number of ether oxygens (including phenoxy) is 2. The van der Waals surface area contributed by atoms with Gasteiger partial charge in [-0.1, -0.05) is 78.1 Å². The Hall–Kier alpha value is -4.16. The maximum atomic E-state index is 13.4. The number of fused-ring (bicyclic) bond motifs is 1. The van der Waals surface area contributed by atoms with Gasteiger partial charge in [0.1, 0.15) is 15.7 Å². The fourth-order valence-corrected chi connectivity index (χ4v) is 4.86. The Morgan fingerprint density at radius 2 is 1.53 bits per heavy atom. The topological polar surface area (TPSA) is 60.5 Å². The number of nitrogens with one attached hydrogen (secondary N) is 1. The third-order valence-corrected chi connectivity index (χ3v) is 6.59. The highest BCUT2D eigenvalue weighted by molar-refractivity contribution is 7.19. The average molecular weight is 467 g/mol. The van der Waals surface area contributed by atoms with Crippen molar-refractivity contribution in [1.82, 2.24) is 4.98 Å². The van der Waals surface area contributed by atoms with Crippen LogP contribution in [0.4, 0.5) is 5.00 Å². The molecule has 1 amide bonds. The summed E-state index contributed by atoms with van der Waals surface area (Å²) in [6.07, 6.45) is 0. The molecule has 1 aromatic heterocycles. The van der Waals surface area contributed by atoms with Gasteiger partial charge in [0.2, 0.25) is 0 Å². The summed E-state index contributed by atoms with van der Waals surface area (Å²) in [5.41, 5.74) is 3.16. The molecule has 0 spiro atoms. The van der Waals surface area contributed by atoms with Crippen LogP contribution in [0, 0.1) is 0 Å². The van der Waals surface area contributed by atoms with Crippen molar-refractivity contribution in [1.29, 1.82) is 0 Å². The van der Waals surface area contributed by atoms with Gasteiger partial charge >= 0.3 is 0 Å². The normalized spacial score (nSPS) is 10.8. The minimum Gasteiger partial charge on any atom is -0.493 e. The van der Waals surface area contributed by atoms with E-state index in [4.69, 9.17) is 14.5 Å². The zero-order valence-corrected chi connectivity index (χ0v) is 19.6. The zero-order valence-electron chi connectivity index (χ0n) is 18.7. The quantitative estimate of drug-likeness (QED) is 0.296. The van der Waals surface area contributed by atoms with Gasteiger partial charge in [-0.15, -0.1) is 0 Å². The number of rotatable bonds is 6. The minimum atomic E-state index is -0.170. The van der Waals surface area contributed by atoms with Crippen LogP contribution in [-0.4, -0.2) is 25.1 Å². The van der Waals surface area contributed by atoms with Crippen molar-refractivity contribution in [3.63, 3.8) is 0 Å². The highest BCUT2D eigenvalue weighted by Crippen LogP contribution is 2.40. The maximum Gasteiger partial charge on any atom is 0.256 e. The Morgan fingerprint density at radius 3 is 2.32 bits per heavy atom. The third kappa shape index (κ3) is 4.11. The number of anilines is 1. The summed E-state index contributed by atoms with van der Waals surface area (Å²) in [6.45, 7) is 0. The largest absolute Gasteiger partial charge is 0.493 e. The van der Waals surface area contributed by atoms with Crippen LogP contribution in [-0.2, 0) is 0 Å². The van der Waals surface area contributed by atoms with Gasteiger partial charge < -0.3 is 14.8 Å². The summed E-state index contributed by atoms with van der Waals surface area (Å²) in [7, 11) is 3.21. The van der Waals surface area contributed by atoms with Crippen molar-refractivity contribution in [3.8, 4) is 33.3 Å². The molecule has 0 bridgehead atoms. The summed E-state index contributed by atoms with van der Waals surface area (Å²) >= 11 is 1.43. The van der Waals surface area contributed by atoms with E-state index in [0.29, 0.717) is 22.1 Å². The molecule has 34 heavy (non-hydrogen) atoms. The van der Waals surface area contributed by atoms with E-state index in [1.54, 1.807) is 14.2 Å². The Bertz CT molecular complexity index is 1470. The third-order valence-electron chi connectivity index (χ3n) is 5.57. The predicted molar refractivity (Wildman–Crippen MR) is 138 cm³/mol. The molecule has 5 rings (SSSR count). The van der Waals surface area contributed by atoms with Crippen molar-refractivity contribution in [3.05, 3.63) is 96.6 Å². The Kier molecular flexibility index (Phi) is 5.97. The van der Waals surface area contributed by atoms with E-state index in [2.05, 4.69) is 5.32 Å². The number of methoxy groups -OCH3 is 2. The standard InChI is InChI=1S/C28H22N2O3S/c1-32-23-16-15-20(17-24(23)33-2)27-29-25(19-10-4-3-5-11-19)28(34-27)30-26(31)22-14-8-12-18-9-6-7-13-21(18)22/h3-17H,1-2H3,(H,30,31). The number of benzene rings is 4. The molecule has 0 unspecified atom stereocenters. The van der Waals surface area contributed by atoms with Crippen LogP contribution in [0.5, 0.6) is 11.5 Å². The van der Waals surface area contributed by atoms with Gasteiger partial charge in [0.05, 0.1) is 14.2 Å². The molecule has 168 valence electrons. The summed E-state index contributed by atoms with van der Waals surface area (Å²) in [5, 5.41) is 6.51. The molecule has 0 aliphatic heterocycles. The van der Waals surface area contributed by atoms with Crippen LogP contribution in [0.15, 0.2) is 91.0 Å². The lowest BCUT2D eigenvalue weighted by atomic mass is 10.0. The lowest BCUT2D eigenvalue weighted by Crippen LogP contribution is -2.12. The molecule has 4 aromatic carbocycles. The SMILES string of the molecule is COc1ccc(-c2nc(-c3ccccc3)c(NC(=O)c3cccc4ccccc34)s2)cc1OC. The number of thiazole rings is 1. The summed E-state index contributed by atoms with van der Waals surface area (Å²) in [5.74, 6) is 1.10. The number of nitrogens with zero attached hydrogens (tertiary/aromatic N) is 1. The van der Waals surface area contributed by atoms with Crippen molar-refractivity contribution < 1.29 is 14.3 Å². The number of carbonyl (C=O) groups excluding carboxylic acids is 1. The van der Waals surface area contributed by atoms with Crippen molar-refractivity contribution in [2.75, 3.05) is 19.5 Å². The molecular weight excluding hydrogens is 444 g/mol. The first-order valence-corrected chi connectivity index (χ1v) is 11.6. The van der Waals surface area contributed by atoms with Gasteiger partial charge in [0.15, 0.2) is 11.5 Å². The fraction of sp³-hybridized carbons (Fsp3) is 0.0714. The van der Waals surface area contributed by atoms with Gasteiger partial charge in [-0.25, -0.2) is 4.98 Å². The van der Waals surface area contributed by atoms with Gasteiger partial charge in [0, 0.05) is 16.7 Å². The molecule has 0 saturated carbocycles. The molecule has 0 aliphatic rings. The predicted octanol–water partition coefficient (Wildman–Crippen LogP) is 6.90. The van der Waals surface area contributed by atoms with Crippen LogP contribution in [0.1, 0.15) is 10.4 Å². The molecule has 0 atom stereocenters.